The SMILES string of the molecule is O=C(OCC(F)(F)C(=O)O)c1ccc(O)cc1. The Morgan fingerprint density at radius 2 is 1.76 bits per heavy atom. The van der Waals surface area contributed by atoms with Crippen molar-refractivity contribution in [1.29, 1.82) is 0 Å². The molecule has 17 heavy (non-hydrogen) atoms. The average Bonchev–Trinajstić information content (AvgIpc) is 2.27. The molecule has 0 amide bonds. The van der Waals surface area contributed by atoms with Gasteiger partial charge in [-0.3, -0.25) is 0 Å². The molecule has 0 unspecified atom stereocenters. The average molecular weight is 246 g/mol. The van der Waals surface area contributed by atoms with E-state index in [0.717, 1.165) is 12.1 Å². The number of carbonyl (C=O) groups excluding carboxylic acids is 1. The van der Waals surface area contributed by atoms with Gasteiger partial charge in [0.05, 0.1) is 5.56 Å². The number of carboxylic acids is 1. The fourth-order valence-corrected chi connectivity index (χ4v) is 0.899. The van der Waals surface area contributed by atoms with Gasteiger partial charge in [-0.2, -0.15) is 8.78 Å². The number of aliphatic carboxylic acids is 1. The van der Waals surface area contributed by atoms with E-state index in [1.807, 2.05) is 0 Å². The second-order valence-electron chi connectivity index (χ2n) is 3.13. The van der Waals surface area contributed by atoms with Crippen molar-refractivity contribution in [3.05, 3.63) is 29.8 Å². The lowest BCUT2D eigenvalue weighted by atomic mass is 10.2. The number of phenolic OH excluding ortho intramolecular Hbond substituents is 1. The fourth-order valence-electron chi connectivity index (χ4n) is 0.899. The summed E-state index contributed by atoms with van der Waals surface area (Å²) in [6.07, 6.45) is 0. The van der Waals surface area contributed by atoms with Gasteiger partial charge in [0.2, 0.25) is 0 Å². The number of carboxylic acid groups (broad SMARTS) is 1. The van der Waals surface area contributed by atoms with Crippen LogP contribution in [-0.2, 0) is 9.53 Å². The first kappa shape index (κ1) is 12.9. The van der Waals surface area contributed by atoms with E-state index in [-0.39, 0.29) is 11.3 Å². The summed E-state index contributed by atoms with van der Waals surface area (Å²) in [4.78, 5) is 21.2. The number of benzene rings is 1. The van der Waals surface area contributed by atoms with E-state index >= 15 is 0 Å². The van der Waals surface area contributed by atoms with Gasteiger partial charge >= 0.3 is 17.9 Å². The van der Waals surface area contributed by atoms with Crippen LogP contribution in [0, 0.1) is 0 Å². The summed E-state index contributed by atoms with van der Waals surface area (Å²) in [5.41, 5.74) is -0.0658. The summed E-state index contributed by atoms with van der Waals surface area (Å²) in [5.74, 6) is -7.67. The van der Waals surface area contributed by atoms with Gasteiger partial charge in [-0.25, -0.2) is 9.59 Å². The molecule has 0 aromatic heterocycles. The van der Waals surface area contributed by atoms with Crippen molar-refractivity contribution in [2.45, 2.75) is 5.92 Å². The molecule has 1 aromatic carbocycles. The van der Waals surface area contributed by atoms with Gasteiger partial charge in [0.1, 0.15) is 5.75 Å². The maximum absolute atomic E-state index is 12.6. The van der Waals surface area contributed by atoms with Gasteiger partial charge in [-0.1, -0.05) is 0 Å². The van der Waals surface area contributed by atoms with E-state index < -0.39 is 24.5 Å². The normalized spacial score (nSPS) is 10.9. The smallest absolute Gasteiger partial charge is 0.378 e. The third-order valence-corrected chi connectivity index (χ3v) is 1.80. The van der Waals surface area contributed by atoms with Crippen LogP contribution in [0.3, 0.4) is 0 Å². The second-order valence-corrected chi connectivity index (χ2v) is 3.13. The molecule has 0 bridgehead atoms. The Morgan fingerprint density at radius 1 is 1.24 bits per heavy atom. The summed E-state index contributed by atoms with van der Waals surface area (Å²) < 4.78 is 29.3. The number of rotatable bonds is 4. The Kier molecular flexibility index (Phi) is 3.62. The number of ether oxygens (including phenoxy) is 1. The number of halogens is 2. The number of carbonyl (C=O) groups is 2. The first-order valence-corrected chi connectivity index (χ1v) is 4.40. The molecule has 0 aliphatic carbocycles. The van der Waals surface area contributed by atoms with Crippen LogP contribution in [0.1, 0.15) is 10.4 Å². The summed E-state index contributed by atoms with van der Waals surface area (Å²) in [5, 5.41) is 17.0. The molecule has 7 heteroatoms. The Morgan fingerprint density at radius 3 is 2.24 bits per heavy atom. The Balaban J connectivity index is 2.62. The van der Waals surface area contributed by atoms with Crippen molar-refractivity contribution in [1.82, 2.24) is 0 Å². The number of hydrogen-bond donors (Lipinski definition) is 2. The number of hydrogen-bond acceptors (Lipinski definition) is 4. The molecule has 0 atom stereocenters. The number of aromatic hydroxyl groups is 1. The van der Waals surface area contributed by atoms with Gasteiger partial charge in [-0.05, 0) is 24.3 Å². The molecule has 0 heterocycles. The summed E-state index contributed by atoms with van der Waals surface area (Å²) in [6, 6.07) is 4.67. The van der Waals surface area contributed by atoms with Crippen molar-refractivity contribution in [3.63, 3.8) is 0 Å². The maximum atomic E-state index is 12.6. The Hall–Kier alpha value is -2.18. The highest BCUT2D eigenvalue weighted by Gasteiger charge is 2.40. The number of esters is 1. The molecule has 0 aliphatic heterocycles. The first-order chi connectivity index (χ1) is 7.83. The van der Waals surface area contributed by atoms with Crippen molar-refractivity contribution in [2.24, 2.45) is 0 Å². The van der Waals surface area contributed by atoms with Gasteiger partial charge < -0.3 is 14.9 Å². The van der Waals surface area contributed by atoms with Gasteiger partial charge in [0.15, 0.2) is 6.61 Å². The van der Waals surface area contributed by atoms with E-state index in [2.05, 4.69) is 4.74 Å². The zero-order valence-electron chi connectivity index (χ0n) is 8.39. The van der Waals surface area contributed by atoms with E-state index in [4.69, 9.17) is 10.2 Å². The van der Waals surface area contributed by atoms with Gasteiger partial charge in [0, 0.05) is 0 Å². The largest absolute Gasteiger partial charge is 0.508 e. The topological polar surface area (TPSA) is 83.8 Å². The minimum atomic E-state index is -4.12. The molecule has 1 rings (SSSR count). The van der Waals surface area contributed by atoms with Crippen LogP contribution >= 0.6 is 0 Å². The molecule has 0 saturated heterocycles. The molecular weight excluding hydrogens is 238 g/mol. The van der Waals surface area contributed by atoms with Crippen LogP contribution in [0.2, 0.25) is 0 Å². The predicted octanol–water partition coefficient (Wildman–Crippen LogP) is 1.27. The summed E-state index contributed by atoms with van der Waals surface area (Å²) in [6.45, 7) is -1.54. The third kappa shape index (κ3) is 3.40. The van der Waals surface area contributed by atoms with E-state index in [1.165, 1.54) is 12.1 Å². The molecule has 1 aromatic rings. The molecule has 2 N–H and O–H groups in total. The number of phenols is 1. The highest BCUT2D eigenvalue weighted by Crippen LogP contribution is 2.16. The molecule has 5 nitrogen and oxygen atoms in total. The van der Waals surface area contributed by atoms with E-state index in [1.54, 1.807) is 0 Å². The Bertz CT molecular complexity index is 427. The van der Waals surface area contributed by atoms with Crippen LogP contribution < -0.4 is 0 Å². The molecule has 0 saturated carbocycles. The summed E-state index contributed by atoms with van der Waals surface area (Å²) >= 11 is 0. The molecule has 0 aliphatic rings. The minimum Gasteiger partial charge on any atom is -0.508 e. The summed E-state index contributed by atoms with van der Waals surface area (Å²) in [7, 11) is 0. The third-order valence-electron chi connectivity index (χ3n) is 1.80. The lowest BCUT2D eigenvalue weighted by Crippen LogP contribution is -2.34. The quantitative estimate of drug-likeness (QED) is 0.781. The first-order valence-electron chi connectivity index (χ1n) is 4.40. The molecular formula is C10H8F2O5. The lowest BCUT2D eigenvalue weighted by molar-refractivity contribution is -0.170. The Labute approximate surface area is 94.2 Å². The van der Waals surface area contributed by atoms with E-state index in [0.29, 0.717) is 0 Å². The predicted molar refractivity (Wildman–Crippen MR) is 51.0 cm³/mol. The zero-order chi connectivity index (χ0) is 13.1. The molecule has 92 valence electrons. The molecule has 0 fully saturated rings. The fraction of sp³-hybridized carbons (Fsp3) is 0.200. The molecule has 0 radical (unpaired) electrons. The second kappa shape index (κ2) is 4.77. The minimum absolute atomic E-state index is 0.0658. The van der Waals surface area contributed by atoms with Gasteiger partial charge in [-0.15, -0.1) is 0 Å². The standard InChI is InChI=1S/C10H8F2O5/c11-10(12,9(15)16)5-17-8(14)6-1-3-7(13)4-2-6/h1-4,13H,5H2,(H,15,16). The van der Waals surface area contributed by atoms with E-state index in [9.17, 15) is 18.4 Å². The molecule has 0 spiro atoms. The van der Waals surface area contributed by atoms with Gasteiger partial charge in [0.25, 0.3) is 0 Å². The zero-order valence-corrected chi connectivity index (χ0v) is 8.39. The monoisotopic (exact) mass is 246 g/mol. The number of alkyl halides is 2. The maximum Gasteiger partial charge on any atom is 0.378 e. The van der Waals surface area contributed by atoms with Crippen LogP contribution in [0.15, 0.2) is 24.3 Å². The highest BCUT2D eigenvalue weighted by atomic mass is 19.3. The highest BCUT2D eigenvalue weighted by molar-refractivity contribution is 5.89. The van der Waals surface area contributed by atoms with Crippen LogP contribution in [0.4, 0.5) is 8.78 Å². The van der Waals surface area contributed by atoms with Crippen LogP contribution in [0.25, 0.3) is 0 Å². The van der Waals surface area contributed by atoms with Crippen LogP contribution in [0.5, 0.6) is 5.75 Å². The lowest BCUT2D eigenvalue weighted by Gasteiger charge is -2.11. The van der Waals surface area contributed by atoms with Crippen molar-refractivity contribution in [2.75, 3.05) is 6.61 Å². The van der Waals surface area contributed by atoms with Crippen molar-refractivity contribution in [3.8, 4) is 5.75 Å². The van der Waals surface area contributed by atoms with Crippen molar-refractivity contribution < 1.29 is 33.3 Å². The van der Waals surface area contributed by atoms with Crippen molar-refractivity contribution >= 4 is 11.9 Å². The van der Waals surface area contributed by atoms with Crippen LogP contribution in [-0.4, -0.2) is 34.7 Å².